The molecule has 1 saturated heterocycles. The average Bonchev–Trinajstić information content (AvgIpc) is 3.28. The van der Waals surface area contributed by atoms with Crippen LogP contribution in [0.4, 0.5) is 4.79 Å². The third-order valence-electron chi connectivity index (χ3n) is 7.53. The number of fused-ring (bicyclic) bond motifs is 4. The molecule has 3 N–H and O–H groups in total. The number of likely N-dealkylation sites (tertiary alicyclic amines) is 1. The fourth-order valence-electron chi connectivity index (χ4n) is 5.76. The van der Waals surface area contributed by atoms with Crippen molar-refractivity contribution in [1.82, 2.24) is 25.1 Å². The first-order valence-corrected chi connectivity index (χ1v) is 12.4. The number of carbonyl (C=O) groups is 2. The minimum Gasteiger partial charge on any atom is -0.497 e. The quantitative estimate of drug-likeness (QED) is 0.519. The lowest BCUT2D eigenvalue weighted by Gasteiger charge is -2.50. The lowest BCUT2D eigenvalue weighted by atomic mass is 9.68. The summed E-state index contributed by atoms with van der Waals surface area (Å²) < 4.78 is 5.44. The van der Waals surface area contributed by atoms with Crippen LogP contribution in [0, 0.1) is 0 Å². The van der Waals surface area contributed by atoms with Crippen molar-refractivity contribution in [2.45, 2.75) is 44.2 Å². The number of hydrogen-bond donors (Lipinski definition) is 3. The Kier molecular flexibility index (Phi) is 6.34. The minimum absolute atomic E-state index is 0.0579. The smallest absolute Gasteiger partial charge is 0.317 e. The van der Waals surface area contributed by atoms with Crippen LogP contribution in [0.1, 0.15) is 54.3 Å². The molecule has 2 aliphatic rings. The first kappa shape index (κ1) is 24.1. The summed E-state index contributed by atoms with van der Waals surface area (Å²) in [5, 5.41) is 14.6. The van der Waals surface area contributed by atoms with E-state index in [1.165, 1.54) is 0 Å². The predicted octanol–water partition coefficient (Wildman–Crippen LogP) is 3.21. The van der Waals surface area contributed by atoms with E-state index in [2.05, 4.69) is 21.4 Å². The highest BCUT2D eigenvalue weighted by Crippen LogP contribution is 2.49. The molecule has 1 aromatic carbocycles. The van der Waals surface area contributed by atoms with Gasteiger partial charge in [-0.2, -0.15) is 0 Å². The van der Waals surface area contributed by atoms with Crippen molar-refractivity contribution in [3.8, 4) is 5.75 Å². The molecule has 4 heterocycles. The molecule has 2 aliphatic heterocycles. The normalized spacial score (nSPS) is 19.0. The summed E-state index contributed by atoms with van der Waals surface area (Å²) in [6.45, 7) is 5.34. The zero-order chi connectivity index (χ0) is 25.4. The summed E-state index contributed by atoms with van der Waals surface area (Å²) in [4.78, 5) is 37.6. The summed E-state index contributed by atoms with van der Waals surface area (Å²) in [5.41, 5.74) is 3.09. The van der Waals surface area contributed by atoms with Gasteiger partial charge in [0.05, 0.1) is 19.8 Å². The highest BCUT2D eigenvalue weighted by molar-refractivity contribution is 5.95. The topological polar surface area (TPSA) is 111 Å². The predicted molar refractivity (Wildman–Crippen MR) is 136 cm³/mol. The molecule has 0 radical (unpaired) electrons. The number of benzene rings is 1. The molecule has 9 heteroatoms. The van der Waals surface area contributed by atoms with Crippen molar-refractivity contribution in [3.05, 3.63) is 59.5 Å². The minimum atomic E-state index is -0.507. The average molecular weight is 492 g/mol. The van der Waals surface area contributed by atoms with Crippen molar-refractivity contribution in [1.29, 1.82) is 0 Å². The number of piperidine rings is 1. The number of aliphatic hydroxyl groups is 1. The Bertz CT molecular complexity index is 1260. The second-order valence-electron chi connectivity index (χ2n) is 10.1. The van der Waals surface area contributed by atoms with Gasteiger partial charge in [-0.15, -0.1) is 0 Å². The van der Waals surface area contributed by atoms with Crippen LogP contribution < -0.4 is 10.1 Å². The number of rotatable bonds is 4. The molecule has 9 nitrogen and oxygen atoms in total. The first-order chi connectivity index (χ1) is 17.4. The van der Waals surface area contributed by atoms with E-state index in [-0.39, 0.29) is 30.0 Å². The van der Waals surface area contributed by atoms with Gasteiger partial charge in [-0.3, -0.25) is 9.78 Å². The molecule has 0 bridgehead atoms. The molecule has 190 valence electrons. The number of aromatic amines is 1. The van der Waals surface area contributed by atoms with E-state index < -0.39 is 6.04 Å². The van der Waals surface area contributed by atoms with Crippen LogP contribution in [-0.4, -0.2) is 76.2 Å². The van der Waals surface area contributed by atoms with Crippen LogP contribution in [0.15, 0.2) is 42.7 Å². The summed E-state index contributed by atoms with van der Waals surface area (Å²) >= 11 is 0. The molecule has 0 unspecified atom stereocenters. The number of urea groups is 1. The molecule has 3 aromatic rings. The first-order valence-electron chi connectivity index (χ1n) is 12.4. The number of aliphatic hydroxyl groups excluding tert-OH is 1. The molecule has 1 spiro atoms. The van der Waals surface area contributed by atoms with Gasteiger partial charge in [-0.25, -0.2) is 4.79 Å². The second-order valence-corrected chi connectivity index (χ2v) is 10.1. The maximum absolute atomic E-state index is 13.7. The molecule has 5 rings (SSSR count). The van der Waals surface area contributed by atoms with Crippen LogP contribution in [0.3, 0.4) is 0 Å². The Morgan fingerprint density at radius 2 is 1.94 bits per heavy atom. The van der Waals surface area contributed by atoms with Crippen molar-refractivity contribution in [2.24, 2.45) is 0 Å². The number of carbonyl (C=O) groups excluding carboxylic acids is 2. The number of H-pyrrole nitrogens is 1. The lowest BCUT2D eigenvalue weighted by molar-refractivity contribution is 0.0366. The molecule has 1 atom stereocenters. The summed E-state index contributed by atoms with van der Waals surface area (Å²) in [7, 11) is 1.63. The zero-order valence-corrected chi connectivity index (χ0v) is 21.0. The van der Waals surface area contributed by atoms with Gasteiger partial charge < -0.3 is 29.9 Å². The number of hydrogen-bond acceptors (Lipinski definition) is 5. The maximum atomic E-state index is 13.7. The highest BCUT2D eigenvalue weighted by atomic mass is 16.5. The Morgan fingerprint density at radius 3 is 2.58 bits per heavy atom. The number of ether oxygens (including phenoxy) is 1. The van der Waals surface area contributed by atoms with Crippen molar-refractivity contribution in [2.75, 3.05) is 33.4 Å². The molecule has 2 aromatic heterocycles. The standard InChI is InChI=1S/C27H33N5O4/c1-17(2)29-26(35)31-12-8-27(9-13-31)16-32(25(34)18-6-10-28-11-7-18)22(15-33)24-23(27)20-5-4-19(36-3)14-21(20)30-24/h4-7,10-11,14,17,22,30,33H,8-9,12-13,15-16H2,1-3H3,(H,29,35)/t22-/m1/s1. The SMILES string of the molecule is COc1ccc2c3c([nH]c2c1)[C@@H](CO)N(C(=O)c1ccncc1)CC31CCN(C(=O)NC(C)C)CC1. The third kappa shape index (κ3) is 4.07. The molecule has 0 saturated carbocycles. The Labute approximate surface area is 210 Å². The van der Waals surface area contributed by atoms with E-state index in [1.54, 1.807) is 36.5 Å². The molecular formula is C27H33N5O4. The van der Waals surface area contributed by atoms with Gasteiger partial charge in [0.25, 0.3) is 5.91 Å². The molecule has 0 aliphatic carbocycles. The fraction of sp³-hybridized carbons (Fsp3) is 0.444. The van der Waals surface area contributed by atoms with Crippen LogP contribution in [0.2, 0.25) is 0 Å². The van der Waals surface area contributed by atoms with E-state index in [0.717, 1.165) is 27.9 Å². The van der Waals surface area contributed by atoms with Crippen molar-refractivity contribution in [3.63, 3.8) is 0 Å². The van der Waals surface area contributed by atoms with Crippen LogP contribution in [0.5, 0.6) is 5.75 Å². The monoisotopic (exact) mass is 491 g/mol. The van der Waals surface area contributed by atoms with E-state index in [9.17, 15) is 14.7 Å². The number of amides is 3. The van der Waals surface area contributed by atoms with E-state index in [4.69, 9.17) is 4.74 Å². The fourth-order valence-corrected chi connectivity index (χ4v) is 5.76. The van der Waals surface area contributed by atoms with Crippen molar-refractivity contribution < 1.29 is 19.4 Å². The molecule has 36 heavy (non-hydrogen) atoms. The van der Waals surface area contributed by atoms with E-state index in [1.807, 2.05) is 30.9 Å². The molecular weight excluding hydrogens is 458 g/mol. The summed E-state index contributed by atoms with van der Waals surface area (Å²) in [6.07, 6.45) is 4.63. The number of aromatic nitrogens is 2. The Hall–Kier alpha value is -3.59. The number of nitrogens with one attached hydrogen (secondary N) is 2. The largest absolute Gasteiger partial charge is 0.497 e. The lowest BCUT2D eigenvalue weighted by Crippen LogP contribution is -2.57. The maximum Gasteiger partial charge on any atom is 0.317 e. The van der Waals surface area contributed by atoms with Gasteiger partial charge in [0.15, 0.2) is 0 Å². The van der Waals surface area contributed by atoms with Crippen molar-refractivity contribution >= 4 is 22.8 Å². The summed E-state index contributed by atoms with van der Waals surface area (Å²) in [5.74, 6) is 0.596. The Morgan fingerprint density at radius 1 is 1.22 bits per heavy atom. The number of pyridine rings is 1. The summed E-state index contributed by atoms with van der Waals surface area (Å²) in [6, 6.07) is 8.86. The number of nitrogens with zero attached hydrogens (tertiary/aromatic N) is 3. The second kappa shape index (κ2) is 9.46. The van der Waals surface area contributed by atoms with Gasteiger partial charge in [0, 0.05) is 71.7 Å². The van der Waals surface area contributed by atoms with E-state index in [0.29, 0.717) is 38.0 Å². The van der Waals surface area contributed by atoms with Crippen LogP contribution in [0.25, 0.3) is 10.9 Å². The van der Waals surface area contributed by atoms with Gasteiger partial charge in [0.2, 0.25) is 0 Å². The van der Waals surface area contributed by atoms with Gasteiger partial charge in [0.1, 0.15) is 5.75 Å². The van der Waals surface area contributed by atoms with Crippen LogP contribution in [-0.2, 0) is 5.41 Å². The number of methoxy groups -OCH3 is 1. The Balaban J connectivity index is 1.59. The molecule has 3 amide bonds. The molecule has 1 fully saturated rings. The highest BCUT2D eigenvalue weighted by Gasteiger charge is 2.49. The van der Waals surface area contributed by atoms with Crippen LogP contribution >= 0.6 is 0 Å². The van der Waals surface area contributed by atoms with Gasteiger partial charge in [-0.05, 0) is 56.5 Å². The van der Waals surface area contributed by atoms with Gasteiger partial charge in [-0.1, -0.05) is 0 Å². The zero-order valence-electron chi connectivity index (χ0n) is 21.0. The van der Waals surface area contributed by atoms with E-state index >= 15 is 0 Å². The third-order valence-corrected chi connectivity index (χ3v) is 7.53. The van der Waals surface area contributed by atoms with Gasteiger partial charge >= 0.3 is 6.03 Å².